The zero-order chi connectivity index (χ0) is 14.3. The van der Waals surface area contributed by atoms with Crippen molar-refractivity contribution >= 4 is 29.2 Å². The molecular formula is C15H18Cl2O2. The number of rotatable bonds is 4. The van der Waals surface area contributed by atoms with Gasteiger partial charge in [0.25, 0.3) is 0 Å². The lowest BCUT2D eigenvalue weighted by Gasteiger charge is -2.54. The van der Waals surface area contributed by atoms with Crippen LogP contribution in [0.25, 0.3) is 0 Å². The third kappa shape index (κ3) is 2.25. The second-order valence-corrected chi connectivity index (χ2v) is 6.39. The summed E-state index contributed by atoms with van der Waals surface area (Å²) in [5.74, 6) is -0.761. The minimum atomic E-state index is -0.791. The van der Waals surface area contributed by atoms with Gasteiger partial charge in [-0.25, -0.2) is 0 Å². The molecule has 1 aromatic rings. The predicted octanol–water partition coefficient (Wildman–Crippen LogP) is 4.92. The van der Waals surface area contributed by atoms with Crippen LogP contribution in [0.2, 0.25) is 10.0 Å². The van der Waals surface area contributed by atoms with Crippen molar-refractivity contribution in [3.05, 3.63) is 33.8 Å². The molecule has 0 bridgehead atoms. The molecule has 0 aliphatic heterocycles. The van der Waals surface area contributed by atoms with Gasteiger partial charge in [-0.2, -0.15) is 0 Å². The maximum absolute atomic E-state index is 11.7. The van der Waals surface area contributed by atoms with E-state index in [9.17, 15) is 9.90 Å². The van der Waals surface area contributed by atoms with Crippen molar-refractivity contribution in [2.75, 3.05) is 0 Å². The zero-order valence-corrected chi connectivity index (χ0v) is 12.7. The van der Waals surface area contributed by atoms with E-state index in [0.717, 1.165) is 18.4 Å². The van der Waals surface area contributed by atoms with Crippen LogP contribution < -0.4 is 0 Å². The van der Waals surface area contributed by atoms with Gasteiger partial charge in [-0.15, -0.1) is 0 Å². The molecule has 0 atom stereocenters. The van der Waals surface area contributed by atoms with E-state index in [2.05, 4.69) is 13.8 Å². The summed E-state index contributed by atoms with van der Waals surface area (Å²) in [7, 11) is 0. The van der Waals surface area contributed by atoms with E-state index in [1.165, 1.54) is 0 Å². The summed E-state index contributed by atoms with van der Waals surface area (Å²) in [6.45, 7) is 4.26. The third-order valence-corrected chi connectivity index (χ3v) is 5.47. The molecule has 1 aromatic carbocycles. The minimum absolute atomic E-state index is 0.157. The Labute approximate surface area is 123 Å². The Balaban J connectivity index is 2.38. The second kappa shape index (κ2) is 4.99. The highest BCUT2D eigenvalue weighted by Gasteiger charge is 2.58. The average molecular weight is 301 g/mol. The number of aliphatic carboxylic acids is 1. The Hall–Kier alpha value is -0.730. The molecule has 0 heterocycles. The molecule has 1 aliphatic carbocycles. The van der Waals surface area contributed by atoms with Crippen LogP contribution in [0, 0.1) is 5.41 Å². The highest BCUT2D eigenvalue weighted by atomic mass is 35.5. The lowest BCUT2D eigenvalue weighted by molar-refractivity contribution is -0.155. The van der Waals surface area contributed by atoms with Crippen LogP contribution in [0.4, 0.5) is 0 Å². The van der Waals surface area contributed by atoms with Crippen molar-refractivity contribution in [3.63, 3.8) is 0 Å². The number of carbonyl (C=O) groups is 1. The maximum Gasteiger partial charge on any atom is 0.314 e. The van der Waals surface area contributed by atoms with E-state index in [-0.39, 0.29) is 5.41 Å². The van der Waals surface area contributed by atoms with Gasteiger partial charge in [0.2, 0.25) is 0 Å². The van der Waals surface area contributed by atoms with Crippen molar-refractivity contribution in [3.8, 4) is 0 Å². The first kappa shape index (κ1) is 14.7. The van der Waals surface area contributed by atoms with E-state index >= 15 is 0 Å². The van der Waals surface area contributed by atoms with Crippen LogP contribution in [-0.4, -0.2) is 11.1 Å². The maximum atomic E-state index is 11.7. The molecule has 19 heavy (non-hydrogen) atoms. The third-order valence-electron chi connectivity index (χ3n) is 4.74. The molecule has 0 radical (unpaired) electrons. The normalized spacial score (nSPS) is 19.8. The summed E-state index contributed by atoms with van der Waals surface area (Å²) >= 11 is 11.9. The van der Waals surface area contributed by atoms with Crippen LogP contribution in [0.3, 0.4) is 0 Å². The van der Waals surface area contributed by atoms with Gasteiger partial charge in [-0.05, 0) is 36.0 Å². The van der Waals surface area contributed by atoms with Crippen molar-refractivity contribution in [1.82, 2.24) is 0 Å². The molecule has 104 valence electrons. The average Bonchev–Trinajstić information content (AvgIpc) is 2.33. The lowest BCUT2D eigenvalue weighted by Crippen LogP contribution is -2.54. The fourth-order valence-corrected chi connectivity index (χ4v) is 3.55. The molecular weight excluding hydrogens is 283 g/mol. The first-order chi connectivity index (χ1) is 8.89. The molecule has 4 heteroatoms. The van der Waals surface area contributed by atoms with Gasteiger partial charge in [-0.1, -0.05) is 56.0 Å². The van der Waals surface area contributed by atoms with E-state index < -0.39 is 11.4 Å². The highest BCUT2D eigenvalue weighted by Crippen LogP contribution is 2.59. The highest BCUT2D eigenvalue weighted by molar-refractivity contribution is 6.42. The smallest absolute Gasteiger partial charge is 0.314 e. The molecule has 0 spiro atoms. The van der Waals surface area contributed by atoms with Crippen LogP contribution in [-0.2, 0) is 10.2 Å². The van der Waals surface area contributed by atoms with Crippen LogP contribution in [0.1, 0.15) is 45.1 Å². The van der Waals surface area contributed by atoms with Gasteiger partial charge in [0.15, 0.2) is 0 Å². The first-order valence-corrected chi connectivity index (χ1v) is 7.34. The minimum Gasteiger partial charge on any atom is -0.481 e. The molecule has 2 rings (SSSR count). The monoisotopic (exact) mass is 300 g/mol. The SMILES string of the molecule is CCC1(CC)CC(C(=O)O)(c2ccc(Cl)c(Cl)c2)C1. The molecule has 2 nitrogen and oxygen atoms in total. The van der Waals surface area contributed by atoms with Crippen molar-refractivity contribution in [2.45, 2.75) is 44.9 Å². The van der Waals surface area contributed by atoms with Gasteiger partial charge in [0.1, 0.15) is 0 Å². The largest absolute Gasteiger partial charge is 0.481 e. The summed E-state index contributed by atoms with van der Waals surface area (Å²) in [6, 6.07) is 5.17. The number of carboxylic acid groups (broad SMARTS) is 1. The molecule has 1 aliphatic rings. The Kier molecular flexibility index (Phi) is 3.85. The molecule has 0 aromatic heterocycles. The van der Waals surface area contributed by atoms with Crippen molar-refractivity contribution in [2.24, 2.45) is 5.41 Å². The fourth-order valence-electron chi connectivity index (χ4n) is 3.25. The predicted molar refractivity (Wildman–Crippen MR) is 78.0 cm³/mol. The van der Waals surface area contributed by atoms with Crippen molar-refractivity contribution < 1.29 is 9.90 Å². The molecule has 1 N–H and O–H groups in total. The van der Waals surface area contributed by atoms with Gasteiger partial charge >= 0.3 is 5.97 Å². The van der Waals surface area contributed by atoms with Crippen LogP contribution >= 0.6 is 23.2 Å². The van der Waals surface area contributed by atoms with Gasteiger partial charge < -0.3 is 5.11 Å². The van der Waals surface area contributed by atoms with E-state index in [0.29, 0.717) is 22.9 Å². The summed E-state index contributed by atoms with van der Waals surface area (Å²) in [5, 5.41) is 10.5. The number of hydrogen-bond donors (Lipinski definition) is 1. The molecule has 1 saturated carbocycles. The Bertz CT molecular complexity index is 499. The van der Waals surface area contributed by atoms with Gasteiger partial charge in [0.05, 0.1) is 15.5 Å². The number of carboxylic acids is 1. The number of benzene rings is 1. The number of hydrogen-bond acceptors (Lipinski definition) is 1. The van der Waals surface area contributed by atoms with E-state index in [4.69, 9.17) is 23.2 Å². The summed E-state index contributed by atoms with van der Waals surface area (Å²) in [6.07, 6.45) is 3.39. The van der Waals surface area contributed by atoms with E-state index in [1.54, 1.807) is 18.2 Å². The first-order valence-electron chi connectivity index (χ1n) is 6.58. The topological polar surface area (TPSA) is 37.3 Å². The fraction of sp³-hybridized carbons (Fsp3) is 0.533. The Morgan fingerprint density at radius 1 is 1.21 bits per heavy atom. The molecule has 0 amide bonds. The molecule has 0 saturated heterocycles. The van der Waals surface area contributed by atoms with Gasteiger partial charge in [0, 0.05) is 0 Å². The number of halogens is 2. The summed E-state index contributed by atoms with van der Waals surface area (Å²) < 4.78 is 0. The van der Waals surface area contributed by atoms with Crippen molar-refractivity contribution in [1.29, 1.82) is 0 Å². The zero-order valence-electron chi connectivity index (χ0n) is 11.2. The quantitative estimate of drug-likeness (QED) is 0.857. The van der Waals surface area contributed by atoms with Gasteiger partial charge in [-0.3, -0.25) is 4.79 Å². The molecule has 1 fully saturated rings. The Morgan fingerprint density at radius 2 is 1.79 bits per heavy atom. The summed E-state index contributed by atoms with van der Waals surface area (Å²) in [5.41, 5.74) is 0.136. The molecule has 0 unspecified atom stereocenters. The standard InChI is InChI=1S/C15H18Cl2O2/c1-3-14(4-2)8-15(9-14,13(18)19)10-5-6-11(16)12(17)7-10/h5-7H,3-4,8-9H2,1-2H3,(H,18,19). The second-order valence-electron chi connectivity index (χ2n) is 5.58. The van der Waals surface area contributed by atoms with Crippen LogP contribution in [0.15, 0.2) is 18.2 Å². The lowest BCUT2D eigenvalue weighted by atomic mass is 9.48. The Morgan fingerprint density at radius 3 is 2.21 bits per heavy atom. The van der Waals surface area contributed by atoms with E-state index in [1.807, 2.05) is 0 Å². The van der Waals surface area contributed by atoms with Crippen LogP contribution in [0.5, 0.6) is 0 Å². The summed E-state index contributed by atoms with van der Waals surface area (Å²) in [4.78, 5) is 11.7.